The fourth-order valence-corrected chi connectivity index (χ4v) is 4.73. The number of carbonyl (C=O) groups excluding carboxylic acids is 1. The molecule has 154 valence electrons. The Balaban J connectivity index is 1.51. The van der Waals surface area contributed by atoms with Crippen molar-refractivity contribution in [1.29, 1.82) is 0 Å². The molecule has 0 fully saturated rings. The van der Waals surface area contributed by atoms with Crippen molar-refractivity contribution < 1.29 is 9.72 Å². The van der Waals surface area contributed by atoms with Gasteiger partial charge < -0.3 is 0 Å². The predicted octanol–water partition coefficient (Wildman–Crippen LogP) is 2.96. The first-order valence-electron chi connectivity index (χ1n) is 9.54. The number of fused-ring (bicyclic) bond motifs is 3. The fraction of sp³-hybridized carbons (Fsp3) is 0.300. The molecule has 1 aromatic carbocycles. The summed E-state index contributed by atoms with van der Waals surface area (Å²) in [6.45, 7) is 1.62. The highest BCUT2D eigenvalue weighted by molar-refractivity contribution is 7.18. The summed E-state index contributed by atoms with van der Waals surface area (Å²) in [4.78, 5) is 42.1. The number of carbonyl (C=O) groups is 1. The highest BCUT2D eigenvalue weighted by Gasteiger charge is 2.23. The van der Waals surface area contributed by atoms with Crippen LogP contribution in [-0.4, -0.2) is 26.6 Å². The molecule has 3 aromatic rings. The summed E-state index contributed by atoms with van der Waals surface area (Å²) >= 11 is 1.57. The van der Waals surface area contributed by atoms with Gasteiger partial charge in [-0.05, 0) is 55.9 Å². The number of nitrogens with one attached hydrogen (secondary N) is 1. The molecule has 30 heavy (non-hydrogen) atoms. The Hall–Kier alpha value is -3.40. The van der Waals surface area contributed by atoms with E-state index in [1.807, 2.05) is 0 Å². The summed E-state index contributed by atoms with van der Waals surface area (Å²) in [6.07, 6.45) is 6.82. The summed E-state index contributed by atoms with van der Waals surface area (Å²) in [5.74, 6) is -0.458. The largest absolute Gasteiger partial charge is 0.286 e. The molecule has 0 spiro atoms. The number of nitro groups is 1. The first-order chi connectivity index (χ1) is 14.5. The first-order valence-corrected chi connectivity index (χ1v) is 10.4. The van der Waals surface area contributed by atoms with E-state index in [4.69, 9.17) is 0 Å². The van der Waals surface area contributed by atoms with Gasteiger partial charge in [0.2, 0.25) is 0 Å². The van der Waals surface area contributed by atoms with Gasteiger partial charge in [0.1, 0.15) is 10.9 Å². The van der Waals surface area contributed by atoms with Crippen LogP contribution in [0.2, 0.25) is 0 Å². The average molecular weight is 425 g/mol. The zero-order valence-corrected chi connectivity index (χ0v) is 17.0. The van der Waals surface area contributed by atoms with Crippen LogP contribution in [0.5, 0.6) is 0 Å². The molecule has 1 atom stereocenters. The normalized spacial score (nSPS) is 14.6. The van der Waals surface area contributed by atoms with Crippen molar-refractivity contribution in [1.82, 2.24) is 15.0 Å². The number of nitro benzene ring substituents is 1. The summed E-state index contributed by atoms with van der Waals surface area (Å²) in [5, 5.41) is 15.2. The monoisotopic (exact) mass is 425 g/mol. The zero-order chi connectivity index (χ0) is 21.3. The quantitative estimate of drug-likeness (QED) is 0.383. The number of benzene rings is 1. The molecule has 0 radical (unpaired) electrons. The highest BCUT2D eigenvalue weighted by Crippen LogP contribution is 2.33. The Morgan fingerprint density at radius 3 is 2.80 bits per heavy atom. The van der Waals surface area contributed by atoms with E-state index in [-0.39, 0.29) is 11.2 Å². The second-order valence-electron chi connectivity index (χ2n) is 7.11. The van der Waals surface area contributed by atoms with Crippen molar-refractivity contribution in [2.45, 2.75) is 38.6 Å². The Bertz CT molecular complexity index is 1210. The number of amides is 1. The molecule has 1 aliphatic carbocycles. The lowest BCUT2D eigenvalue weighted by Gasteiger charge is -2.14. The van der Waals surface area contributed by atoms with Crippen LogP contribution in [0.4, 0.5) is 5.69 Å². The van der Waals surface area contributed by atoms with Gasteiger partial charge in [-0.2, -0.15) is 5.10 Å². The van der Waals surface area contributed by atoms with E-state index in [1.54, 1.807) is 18.3 Å². The van der Waals surface area contributed by atoms with Gasteiger partial charge in [-0.25, -0.2) is 10.4 Å². The fourth-order valence-electron chi connectivity index (χ4n) is 3.51. The van der Waals surface area contributed by atoms with Crippen LogP contribution in [0, 0.1) is 10.1 Å². The summed E-state index contributed by atoms with van der Waals surface area (Å²) < 4.78 is 1.33. The van der Waals surface area contributed by atoms with Gasteiger partial charge in [0.05, 0.1) is 22.9 Å². The number of hydrazone groups is 1. The van der Waals surface area contributed by atoms with Crippen molar-refractivity contribution in [3.63, 3.8) is 0 Å². The van der Waals surface area contributed by atoms with Crippen molar-refractivity contribution in [2.75, 3.05) is 0 Å². The van der Waals surface area contributed by atoms with Crippen LogP contribution >= 0.6 is 11.3 Å². The standard InChI is InChI=1S/C20H19N5O4S/c1-12(18(26)23-22-10-13-6-8-14(9-7-13)25(28)29)24-11-21-19-17(20(24)27)15-4-2-3-5-16(15)30-19/h6-12H,2-5H2,1H3,(H,23,26). The second-order valence-corrected chi connectivity index (χ2v) is 8.19. The van der Waals surface area contributed by atoms with Crippen LogP contribution in [-0.2, 0) is 17.6 Å². The first kappa shape index (κ1) is 19.9. The van der Waals surface area contributed by atoms with Gasteiger partial charge in [-0.3, -0.25) is 24.3 Å². The molecule has 1 aliphatic rings. The molecule has 2 aromatic heterocycles. The molecule has 2 heterocycles. The lowest BCUT2D eigenvalue weighted by Crippen LogP contribution is -2.34. The summed E-state index contributed by atoms with van der Waals surface area (Å²) in [6, 6.07) is 4.97. The number of non-ortho nitro benzene ring substituents is 1. The van der Waals surface area contributed by atoms with Gasteiger partial charge in [0, 0.05) is 17.0 Å². The smallest absolute Gasteiger partial charge is 0.269 e. The van der Waals surface area contributed by atoms with E-state index in [2.05, 4.69) is 15.5 Å². The van der Waals surface area contributed by atoms with Gasteiger partial charge >= 0.3 is 0 Å². The van der Waals surface area contributed by atoms with E-state index in [0.717, 1.165) is 36.1 Å². The third-order valence-electron chi connectivity index (χ3n) is 5.19. The van der Waals surface area contributed by atoms with Gasteiger partial charge in [0.25, 0.3) is 17.2 Å². The molecular formula is C20H19N5O4S. The Kier molecular flexibility index (Phi) is 5.40. The third kappa shape index (κ3) is 3.73. The number of rotatable bonds is 5. The molecule has 1 amide bonds. The number of hydrogen-bond acceptors (Lipinski definition) is 7. The van der Waals surface area contributed by atoms with Crippen LogP contribution in [0.1, 0.15) is 41.8 Å². The van der Waals surface area contributed by atoms with E-state index in [9.17, 15) is 19.7 Å². The molecule has 10 heteroatoms. The maximum Gasteiger partial charge on any atom is 0.269 e. The van der Waals surface area contributed by atoms with Crippen LogP contribution < -0.4 is 11.0 Å². The number of nitrogens with zero attached hydrogens (tertiary/aromatic N) is 4. The van der Waals surface area contributed by atoms with E-state index < -0.39 is 16.9 Å². The zero-order valence-electron chi connectivity index (χ0n) is 16.2. The van der Waals surface area contributed by atoms with Crippen LogP contribution in [0.15, 0.2) is 40.5 Å². The third-order valence-corrected chi connectivity index (χ3v) is 6.39. The lowest BCUT2D eigenvalue weighted by atomic mass is 9.97. The topological polar surface area (TPSA) is 119 Å². The van der Waals surface area contributed by atoms with E-state index in [0.29, 0.717) is 10.9 Å². The Morgan fingerprint density at radius 2 is 2.07 bits per heavy atom. The molecule has 9 nitrogen and oxygen atoms in total. The minimum atomic E-state index is -0.789. The van der Waals surface area contributed by atoms with Crippen molar-refractivity contribution in [3.05, 3.63) is 67.1 Å². The van der Waals surface area contributed by atoms with Crippen molar-refractivity contribution in [3.8, 4) is 0 Å². The van der Waals surface area contributed by atoms with E-state index in [1.165, 1.54) is 46.3 Å². The van der Waals surface area contributed by atoms with Gasteiger partial charge in [0.15, 0.2) is 0 Å². The molecule has 1 unspecified atom stereocenters. The number of aromatic nitrogens is 2. The van der Waals surface area contributed by atoms with E-state index >= 15 is 0 Å². The van der Waals surface area contributed by atoms with Crippen LogP contribution in [0.3, 0.4) is 0 Å². The molecule has 0 saturated carbocycles. The minimum Gasteiger partial charge on any atom is -0.286 e. The van der Waals surface area contributed by atoms with Gasteiger partial charge in [-0.1, -0.05) is 0 Å². The molecule has 1 N–H and O–H groups in total. The van der Waals surface area contributed by atoms with Crippen molar-refractivity contribution >= 4 is 39.4 Å². The Morgan fingerprint density at radius 1 is 1.33 bits per heavy atom. The summed E-state index contributed by atoms with van der Waals surface area (Å²) in [7, 11) is 0. The predicted molar refractivity (Wildman–Crippen MR) is 114 cm³/mol. The molecular weight excluding hydrogens is 406 g/mol. The number of aryl methyl sites for hydroxylation is 2. The van der Waals surface area contributed by atoms with Crippen molar-refractivity contribution in [2.24, 2.45) is 5.10 Å². The maximum absolute atomic E-state index is 13.0. The molecule has 0 aliphatic heterocycles. The SMILES string of the molecule is CC(C(=O)NN=Cc1ccc([N+](=O)[O-])cc1)n1cnc2sc3c(c2c1=O)CCCC3. The molecule has 0 saturated heterocycles. The van der Waals surface area contributed by atoms with Gasteiger partial charge in [-0.15, -0.1) is 11.3 Å². The summed E-state index contributed by atoms with van der Waals surface area (Å²) in [5.41, 5.74) is 3.85. The minimum absolute atomic E-state index is 0.0253. The second kappa shape index (κ2) is 8.15. The number of hydrogen-bond donors (Lipinski definition) is 1. The highest BCUT2D eigenvalue weighted by atomic mass is 32.1. The maximum atomic E-state index is 13.0. The molecule has 4 rings (SSSR count). The Labute approximate surface area is 175 Å². The average Bonchev–Trinajstić information content (AvgIpc) is 3.13. The number of thiophene rings is 1. The lowest BCUT2D eigenvalue weighted by molar-refractivity contribution is -0.384. The molecule has 0 bridgehead atoms. The van der Waals surface area contributed by atoms with Crippen LogP contribution in [0.25, 0.3) is 10.2 Å².